The van der Waals surface area contributed by atoms with Crippen LogP contribution in [0.3, 0.4) is 0 Å². The maximum Gasteiger partial charge on any atom is 0.255 e. The number of carbonyl (C=O) groups excluding carboxylic acids is 1. The molecule has 1 aliphatic rings. The number of rotatable bonds is 8. The topological polar surface area (TPSA) is 72.3 Å². The normalized spacial score (nSPS) is 14.8. The Kier molecular flexibility index (Phi) is 8.43. The van der Waals surface area contributed by atoms with E-state index in [0.717, 1.165) is 32.1 Å². The Labute approximate surface area is 223 Å². The predicted molar refractivity (Wildman–Crippen MR) is 143 cm³/mol. The van der Waals surface area contributed by atoms with Crippen molar-refractivity contribution < 1.29 is 13.2 Å². The molecule has 0 spiro atoms. The summed E-state index contributed by atoms with van der Waals surface area (Å²) in [7, 11) is -3.70. The first-order chi connectivity index (χ1) is 17.2. The Morgan fingerprint density at radius 1 is 1.08 bits per heavy atom. The maximum absolute atomic E-state index is 13.5. The van der Waals surface area contributed by atoms with Crippen LogP contribution in [0.2, 0.25) is 10.0 Å². The molecule has 0 N–H and O–H groups in total. The van der Waals surface area contributed by atoms with Gasteiger partial charge in [0.05, 0.1) is 34.8 Å². The van der Waals surface area contributed by atoms with Crippen LogP contribution >= 0.6 is 23.2 Å². The van der Waals surface area contributed by atoms with Gasteiger partial charge < -0.3 is 9.47 Å². The van der Waals surface area contributed by atoms with Crippen molar-refractivity contribution in [2.45, 2.75) is 75.5 Å². The van der Waals surface area contributed by atoms with Gasteiger partial charge in [-0.25, -0.2) is 13.4 Å². The minimum atomic E-state index is -3.70. The third-order valence-corrected chi connectivity index (χ3v) is 8.75. The van der Waals surface area contributed by atoms with Gasteiger partial charge in [-0.3, -0.25) is 4.79 Å². The number of nitrogens with zero attached hydrogens (tertiary/aromatic N) is 3. The summed E-state index contributed by atoms with van der Waals surface area (Å²) in [5.41, 5.74) is 1.78. The highest BCUT2D eigenvalue weighted by atomic mass is 35.5. The number of aromatic nitrogens is 2. The first-order valence-corrected chi connectivity index (χ1v) is 14.7. The fourth-order valence-corrected chi connectivity index (χ4v) is 6.82. The summed E-state index contributed by atoms with van der Waals surface area (Å²) >= 11 is 12.4. The number of halogens is 2. The van der Waals surface area contributed by atoms with Gasteiger partial charge in [0.2, 0.25) is 15.0 Å². The number of hydrogen-bond acceptors (Lipinski definition) is 4. The zero-order chi connectivity index (χ0) is 25.9. The van der Waals surface area contributed by atoms with E-state index in [0.29, 0.717) is 21.8 Å². The van der Waals surface area contributed by atoms with Crippen LogP contribution in [0.1, 0.15) is 73.6 Å². The van der Waals surface area contributed by atoms with Gasteiger partial charge in [0.25, 0.3) is 5.91 Å². The third kappa shape index (κ3) is 5.96. The molecular formula is C27H31Cl2N3O3S. The molecule has 0 radical (unpaired) electrons. The Bertz CT molecular complexity index is 1320. The summed E-state index contributed by atoms with van der Waals surface area (Å²) in [5, 5.41) is 0.815. The second-order valence-corrected chi connectivity index (χ2v) is 12.3. The van der Waals surface area contributed by atoms with Gasteiger partial charge in [-0.1, -0.05) is 72.8 Å². The Morgan fingerprint density at radius 3 is 2.42 bits per heavy atom. The molecule has 6 nitrogen and oxygen atoms in total. The zero-order valence-corrected chi connectivity index (χ0v) is 22.9. The van der Waals surface area contributed by atoms with Crippen LogP contribution in [-0.4, -0.2) is 34.8 Å². The number of imidazole rings is 1. The fourth-order valence-electron chi connectivity index (χ4n) is 4.79. The van der Waals surface area contributed by atoms with E-state index in [-0.39, 0.29) is 40.5 Å². The molecule has 2 aromatic carbocycles. The molecule has 1 amide bonds. The summed E-state index contributed by atoms with van der Waals surface area (Å²) < 4.78 is 29.0. The number of hydrogen-bond donors (Lipinski definition) is 0. The lowest BCUT2D eigenvalue weighted by atomic mass is 9.95. The summed E-state index contributed by atoms with van der Waals surface area (Å²) in [6, 6.07) is 13.8. The van der Waals surface area contributed by atoms with Gasteiger partial charge in [0, 0.05) is 17.1 Å². The minimum absolute atomic E-state index is 0.0278. The van der Waals surface area contributed by atoms with Crippen molar-refractivity contribution in [2.75, 3.05) is 0 Å². The largest absolute Gasteiger partial charge is 0.330 e. The highest BCUT2D eigenvalue weighted by molar-refractivity contribution is 7.90. The van der Waals surface area contributed by atoms with Crippen molar-refractivity contribution >= 4 is 38.9 Å². The van der Waals surface area contributed by atoms with Gasteiger partial charge in [-0.05, 0) is 50.5 Å². The lowest BCUT2D eigenvalue weighted by Gasteiger charge is -2.31. The van der Waals surface area contributed by atoms with Crippen LogP contribution in [0.25, 0.3) is 0 Å². The first kappa shape index (κ1) is 26.7. The second-order valence-electron chi connectivity index (χ2n) is 9.59. The molecule has 0 aliphatic heterocycles. The van der Waals surface area contributed by atoms with E-state index in [1.54, 1.807) is 41.4 Å². The van der Waals surface area contributed by atoms with E-state index in [1.165, 1.54) is 0 Å². The van der Waals surface area contributed by atoms with Crippen LogP contribution in [0.5, 0.6) is 0 Å². The quantitative estimate of drug-likeness (QED) is 0.313. The summed E-state index contributed by atoms with van der Waals surface area (Å²) in [6.45, 7) is 4.08. The molecule has 1 aromatic heterocycles. The average Bonchev–Trinajstić information content (AvgIpc) is 3.28. The molecular weight excluding hydrogens is 517 g/mol. The van der Waals surface area contributed by atoms with Crippen LogP contribution in [0, 0.1) is 0 Å². The molecule has 0 saturated heterocycles. The number of sulfone groups is 1. The highest BCUT2D eigenvalue weighted by Crippen LogP contribution is 2.33. The molecule has 1 heterocycles. The van der Waals surface area contributed by atoms with E-state index < -0.39 is 9.84 Å². The predicted octanol–water partition coefficient (Wildman–Crippen LogP) is 6.72. The van der Waals surface area contributed by atoms with E-state index >= 15 is 0 Å². The molecule has 0 atom stereocenters. The van der Waals surface area contributed by atoms with Gasteiger partial charge in [-0.2, -0.15) is 0 Å². The smallest absolute Gasteiger partial charge is 0.255 e. The molecule has 3 aromatic rings. The number of carbonyl (C=O) groups is 1. The lowest BCUT2D eigenvalue weighted by Crippen LogP contribution is -2.37. The third-order valence-electron chi connectivity index (χ3n) is 6.64. The average molecular weight is 549 g/mol. The number of benzene rings is 2. The molecule has 1 aliphatic carbocycles. The van der Waals surface area contributed by atoms with Crippen molar-refractivity contribution in [1.29, 1.82) is 0 Å². The summed E-state index contributed by atoms with van der Waals surface area (Å²) in [6.07, 6.45) is 6.59. The first-order valence-electron chi connectivity index (χ1n) is 12.3. The Balaban J connectivity index is 1.72. The second kappa shape index (κ2) is 11.4. The Morgan fingerprint density at radius 2 is 1.78 bits per heavy atom. The van der Waals surface area contributed by atoms with E-state index in [1.807, 2.05) is 36.6 Å². The maximum atomic E-state index is 13.5. The lowest BCUT2D eigenvalue weighted by molar-refractivity contribution is 0.0683. The van der Waals surface area contributed by atoms with Crippen molar-refractivity contribution in [3.05, 3.63) is 81.6 Å². The molecule has 36 heavy (non-hydrogen) atoms. The monoisotopic (exact) mass is 547 g/mol. The van der Waals surface area contributed by atoms with Gasteiger partial charge in [0.15, 0.2) is 0 Å². The van der Waals surface area contributed by atoms with E-state index in [9.17, 15) is 13.2 Å². The van der Waals surface area contributed by atoms with Crippen LogP contribution in [0.4, 0.5) is 0 Å². The molecule has 0 bridgehead atoms. The summed E-state index contributed by atoms with van der Waals surface area (Å²) in [4.78, 5) is 19.6. The summed E-state index contributed by atoms with van der Waals surface area (Å²) in [5.74, 6) is -0.360. The highest BCUT2D eigenvalue weighted by Gasteiger charge is 2.31. The number of amides is 1. The van der Waals surface area contributed by atoms with Gasteiger partial charge >= 0.3 is 0 Å². The van der Waals surface area contributed by atoms with Crippen LogP contribution in [-0.2, 0) is 22.1 Å². The van der Waals surface area contributed by atoms with Crippen molar-refractivity contribution in [2.24, 2.45) is 0 Å². The molecule has 1 saturated carbocycles. The van der Waals surface area contributed by atoms with Crippen LogP contribution < -0.4 is 0 Å². The van der Waals surface area contributed by atoms with Crippen LogP contribution in [0.15, 0.2) is 59.9 Å². The van der Waals surface area contributed by atoms with Crippen molar-refractivity contribution in [3.63, 3.8) is 0 Å². The standard InChI is InChI=1S/C27H31Cl2N3O3S/c1-19(2)31(26(33)24-14-13-21(28)15-25(24)29)17-23-16-30-27(32(23)22-11-7-4-8-12-22)36(34,35)18-20-9-5-3-6-10-20/h3,5-6,9-10,13-16,19,22H,4,7-8,11-12,17-18H2,1-2H3. The van der Waals surface area contributed by atoms with Crippen molar-refractivity contribution in [3.8, 4) is 0 Å². The molecule has 4 rings (SSSR count). The zero-order valence-electron chi connectivity index (χ0n) is 20.5. The molecule has 192 valence electrons. The Hall–Kier alpha value is -2.35. The minimum Gasteiger partial charge on any atom is -0.330 e. The fraction of sp³-hybridized carbons (Fsp3) is 0.407. The van der Waals surface area contributed by atoms with Crippen molar-refractivity contribution in [1.82, 2.24) is 14.5 Å². The van der Waals surface area contributed by atoms with E-state index in [4.69, 9.17) is 23.2 Å². The SMILES string of the molecule is CC(C)N(Cc1cnc(S(=O)(=O)Cc2ccccc2)n1C1CCCCC1)C(=O)c1ccc(Cl)cc1Cl. The van der Waals surface area contributed by atoms with Gasteiger partial charge in [0.1, 0.15) is 0 Å². The van der Waals surface area contributed by atoms with Gasteiger partial charge in [-0.15, -0.1) is 0 Å². The molecule has 1 fully saturated rings. The van der Waals surface area contributed by atoms with E-state index in [2.05, 4.69) is 4.98 Å². The molecule has 9 heteroatoms. The molecule has 0 unspecified atom stereocenters.